The molecule has 6 aromatic rings. The summed E-state index contributed by atoms with van der Waals surface area (Å²) in [7, 11) is -19.0. The van der Waals surface area contributed by atoms with Crippen LogP contribution in [0.1, 0.15) is 0 Å². The number of anilines is 2. The molecule has 0 aromatic heterocycles. The molecule has 0 saturated carbocycles. The molecule has 10 N–H and O–H groups in total. The van der Waals surface area contributed by atoms with Crippen molar-refractivity contribution in [3.63, 3.8) is 0 Å². The molecule has 0 saturated heterocycles. The van der Waals surface area contributed by atoms with Gasteiger partial charge in [-0.15, -0.1) is 20.5 Å². The first-order valence-corrected chi connectivity index (χ1v) is 21.9. The summed E-state index contributed by atoms with van der Waals surface area (Å²) >= 11 is 0. The van der Waals surface area contributed by atoms with Gasteiger partial charge in [0.25, 0.3) is 40.5 Å². The van der Waals surface area contributed by atoms with Crippen LogP contribution in [-0.4, -0.2) is 106 Å². The summed E-state index contributed by atoms with van der Waals surface area (Å²) in [6, 6.07) is 14.9. The van der Waals surface area contributed by atoms with Gasteiger partial charge in [0.15, 0.2) is 0 Å². The van der Waals surface area contributed by atoms with Crippen LogP contribution in [0.2, 0.25) is 0 Å². The van der Waals surface area contributed by atoms with Gasteiger partial charge in [-0.2, -0.15) is 33.7 Å². The van der Waals surface area contributed by atoms with Crippen LogP contribution < -0.4 is 20.9 Å². The van der Waals surface area contributed by atoms with Crippen LogP contribution in [0, 0.1) is 0 Å². The molecule has 0 aliphatic carbocycles. The molecule has 0 aliphatic rings. The summed E-state index contributed by atoms with van der Waals surface area (Å²) in [6.45, 7) is 0. The minimum atomic E-state index is -5.39. The van der Waals surface area contributed by atoms with E-state index in [1.54, 1.807) is 0 Å². The fourth-order valence-corrected chi connectivity index (χ4v) is 9.62. The van der Waals surface area contributed by atoms with Gasteiger partial charge in [0.2, 0.25) is 0 Å². The predicted molar refractivity (Wildman–Crippen MR) is 218 cm³/mol. The van der Waals surface area contributed by atoms with Gasteiger partial charge < -0.3 is 31.2 Å². The van der Waals surface area contributed by atoms with Crippen molar-refractivity contribution in [2.75, 3.05) is 25.7 Å². The summed E-state index contributed by atoms with van der Waals surface area (Å²) in [6.07, 6.45) is 0. The first-order chi connectivity index (χ1) is 27.9. The van der Waals surface area contributed by atoms with E-state index >= 15 is 0 Å². The second kappa shape index (κ2) is 16.7. The molecule has 315 valence electrons. The maximum atomic E-state index is 12.6. The van der Waals surface area contributed by atoms with Crippen molar-refractivity contribution in [1.82, 2.24) is 0 Å². The van der Waals surface area contributed by atoms with Gasteiger partial charge >= 0.3 is 0 Å². The Morgan fingerprint density at radius 2 is 0.820 bits per heavy atom. The summed E-state index contributed by atoms with van der Waals surface area (Å²) in [5.74, 6) is -1.46. The smallest absolute Gasteiger partial charge is 0.298 e. The molecule has 6 aromatic carbocycles. The van der Waals surface area contributed by atoms with Crippen molar-refractivity contribution in [3.8, 4) is 34.1 Å². The van der Waals surface area contributed by atoms with E-state index in [-0.39, 0.29) is 52.4 Å². The van der Waals surface area contributed by atoms with E-state index in [0.29, 0.717) is 11.1 Å². The molecule has 1 radical (unpaired) electrons. The molecule has 0 heterocycles. The molecular formula is C34H28N6NaO16S4. The van der Waals surface area contributed by atoms with Gasteiger partial charge in [0.05, 0.1) is 25.6 Å². The number of azo groups is 2. The standard InChI is InChI=1S/C34H28N6O16S4.Na/c1-55-23-13-15(9-11-19(23)37-39-29-31(57(43,44)45)17-5-3-7-21(41)25(17)27(35)33(29)59(49,50)51)16-10-12-20(24(14-16)56-2)38-40-30-32(58(46,47)48)18-6-4-8-22(42)26(18)28(36)34(30)60(52,53)54;/h3-14,41-42H,35-36H2,1-2H3,(H,43,44,45)(H,46,47,48)(H,49,50,51)(H,52,53,54);. The van der Waals surface area contributed by atoms with Crippen LogP contribution in [-0.2, 0) is 40.5 Å². The Balaban J connectivity index is 0.00000704. The average molecular weight is 928 g/mol. The molecule has 22 nitrogen and oxygen atoms in total. The Labute approximate surface area is 367 Å². The zero-order chi connectivity index (χ0) is 44.3. The average Bonchev–Trinajstić information content (AvgIpc) is 3.13. The summed E-state index contributed by atoms with van der Waals surface area (Å²) in [5.41, 5.74) is 8.64. The van der Waals surface area contributed by atoms with Crippen molar-refractivity contribution < 1.29 is 71.6 Å². The number of rotatable bonds is 11. The van der Waals surface area contributed by atoms with E-state index in [0.717, 1.165) is 24.3 Å². The SMILES string of the molecule is COc1cc(-c2ccc(N=Nc3c(S(=O)(=O)O)c(N)c4c(O)cccc4c3S(=O)(=O)O)c(OC)c2)ccc1N=Nc1c(S(=O)(=O)O)c(N)c2c(O)cccc2c1S(=O)(=O)O.[Na]. The number of nitrogen functional groups attached to an aromatic ring is 2. The van der Waals surface area contributed by atoms with Gasteiger partial charge in [-0.25, -0.2) is 0 Å². The van der Waals surface area contributed by atoms with Crippen molar-refractivity contribution in [2.24, 2.45) is 20.5 Å². The number of ether oxygens (including phenoxy) is 2. The number of hydrogen-bond donors (Lipinski definition) is 8. The Morgan fingerprint density at radius 3 is 1.11 bits per heavy atom. The minimum Gasteiger partial charge on any atom is -0.507 e. The van der Waals surface area contributed by atoms with E-state index in [1.807, 2.05) is 0 Å². The number of hydrogen-bond acceptors (Lipinski definition) is 18. The number of phenols is 2. The molecule has 0 bridgehead atoms. The number of benzene rings is 6. The number of aromatic hydroxyl groups is 2. The Bertz CT molecular complexity index is 3130. The molecule has 0 spiro atoms. The Hall–Kier alpha value is -5.52. The number of fused-ring (bicyclic) bond motifs is 2. The van der Waals surface area contributed by atoms with Crippen molar-refractivity contribution in [3.05, 3.63) is 72.8 Å². The molecule has 6 rings (SSSR count). The quantitative estimate of drug-likeness (QED) is 0.0335. The third kappa shape index (κ3) is 8.81. The zero-order valence-corrected chi connectivity index (χ0v) is 36.5. The van der Waals surface area contributed by atoms with Crippen molar-refractivity contribution in [1.29, 1.82) is 0 Å². The van der Waals surface area contributed by atoms with E-state index in [1.165, 1.54) is 62.8 Å². The van der Waals surface area contributed by atoms with E-state index in [9.17, 15) is 62.1 Å². The van der Waals surface area contributed by atoms with Gasteiger partial charge in [-0.3, -0.25) is 18.2 Å². The first kappa shape index (κ1) is 46.5. The molecular weight excluding hydrogens is 900 g/mol. The third-order valence-electron chi connectivity index (χ3n) is 8.70. The largest absolute Gasteiger partial charge is 0.507 e. The van der Waals surface area contributed by atoms with Crippen molar-refractivity contribution >= 4 is 126 Å². The topological polar surface area (TPSA) is 378 Å². The maximum absolute atomic E-state index is 12.6. The van der Waals surface area contributed by atoms with Crippen LogP contribution in [0.15, 0.2) is 113 Å². The van der Waals surface area contributed by atoms with E-state index in [2.05, 4.69) is 20.5 Å². The second-order valence-electron chi connectivity index (χ2n) is 12.3. The Morgan fingerprint density at radius 1 is 0.492 bits per heavy atom. The van der Waals surface area contributed by atoms with Gasteiger partial charge in [-0.1, -0.05) is 36.4 Å². The first-order valence-electron chi connectivity index (χ1n) is 16.1. The van der Waals surface area contributed by atoms with Crippen LogP contribution in [0.3, 0.4) is 0 Å². The van der Waals surface area contributed by atoms with Gasteiger partial charge in [-0.05, 0) is 47.5 Å². The normalized spacial score (nSPS) is 12.6. The molecule has 0 aliphatic heterocycles. The van der Waals surface area contributed by atoms with Gasteiger partial charge in [0, 0.05) is 51.1 Å². The summed E-state index contributed by atoms with van der Waals surface area (Å²) in [4.78, 5) is -4.85. The predicted octanol–water partition coefficient (Wildman–Crippen LogP) is 5.69. The van der Waals surface area contributed by atoms with Crippen LogP contribution in [0.5, 0.6) is 23.0 Å². The molecule has 0 atom stereocenters. The third-order valence-corrected chi connectivity index (χ3v) is 12.4. The Kier molecular flexibility index (Phi) is 12.8. The minimum absolute atomic E-state index is 0. The van der Waals surface area contributed by atoms with Crippen LogP contribution in [0.4, 0.5) is 34.1 Å². The molecule has 0 amide bonds. The number of nitrogens with two attached hydrogens (primary N) is 2. The van der Waals surface area contributed by atoms with Crippen LogP contribution >= 0.6 is 0 Å². The second-order valence-corrected chi connectivity index (χ2v) is 17.7. The fourth-order valence-electron chi connectivity index (χ4n) is 6.28. The van der Waals surface area contributed by atoms with E-state index < -0.39 is 116 Å². The zero-order valence-electron chi connectivity index (χ0n) is 31.3. The van der Waals surface area contributed by atoms with E-state index in [4.69, 9.17) is 20.9 Å². The number of nitrogens with zero attached hydrogens (tertiary/aromatic N) is 4. The number of phenolic OH excluding ortho intramolecular Hbond substituents is 2. The van der Waals surface area contributed by atoms with Gasteiger partial charge in [0.1, 0.15) is 65.3 Å². The molecule has 27 heteroatoms. The monoisotopic (exact) mass is 927 g/mol. The fraction of sp³-hybridized carbons (Fsp3) is 0.0588. The number of methoxy groups -OCH3 is 2. The van der Waals surface area contributed by atoms with Crippen molar-refractivity contribution in [2.45, 2.75) is 19.6 Å². The summed E-state index contributed by atoms with van der Waals surface area (Å²) < 4.78 is 152. The summed E-state index contributed by atoms with van der Waals surface area (Å²) in [5, 5.41) is 34.1. The molecule has 0 unspecified atom stereocenters. The van der Waals surface area contributed by atoms with Crippen LogP contribution in [0.25, 0.3) is 32.7 Å². The maximum Gasteiger partial charge on any atom is 0.298 e. The molecule has 0 fully saturated rings. The molecule has 61 heavy (non-hydrogen) atoms.